The van der Waals surface area contributed by atoms with E-state index in [1.165, 1.54) is 0 Å². The zero-order chi connectivity index (χ0) is 9.78. The predicted octanol–water partition coefficient (Wildman–Crippen LogP) is 0.721. The van der Waals surface area contributed by atoms with Gasteiger partial charge >= 0.3 is 6.09 Å². The van der Waals surface area contributed by atoms with Gasteiger partial charge in [0.25, 0.3) is 0 Å². The number of carbonyl (C=O) groups excluding carboxylic acids is 1. The normalized spacial score (nSPS) is 10.6. The number of amides is 2. The third kappa shape index (κ3) is 6.85. The number of hydrogen-bond acceptors (Lipinski definition) is 2. The third-order valence-electron chi connectivity index (χ3n) is 1.000. The zero-order valence-electron chi connectivity index (χ0n) is 7.47. The van der Waals surface area contributed by atoms with E-state index in [0.717, 1.165) is 0 Å². The summed E-state index contributed by atoms with van der Waals surface area (Å²) in [6.07, 6.45) is -0.981. The predicted molar refractivity (Wildman–Crippen MR) is 43.4 cm³/mol. The fraction of sp³-hybridized carbons (Fsp3) is 0.714. The molecule has 0 saturated heterocycles. The van der Waals surface area contributed by atoms with Crippen LogP contribution in [0.1, 0.15) is 27.2 Å². The molecule has 0 fully saturated rings. The molecule has 0 atom stereocenters. The molecule has 0 aromatic carbocycles. The van der Waals surface area contributed by atoms with Gasteiger partial charge in [0.05, 0.1) is 0 Å². The van der Waals surface area contributed by atoms with Crippen LogP contribution in [0.5, 0.6) is 0 Å². The summed E-state index contributed by atoms with van der Waals surface area (Å²) in [7, 11) is 0. The van der Waals surface area contributed by atoms with Crippen molar-refractivity contribution in [1.82, 2.24) is 10.9 Å². The first kappa shape index (κ1) is 10.7. The van der Waals surface area contributed by atoms with Crippen molar-refractivity contribution in [2.24, 2.45) is 5.41 Å². The smallest absolute Gasteiger partial charge is 0.423 e. The van der Waals surface area contributed by atoms with E-state index < -0.39 is 6.09 Å². The molecule has 0 unspecified atom stereocenters. The van der Waals surface area contributed by atoms with Crippen molar-refractivity contribution in [2.75, 3.05) is 0 Å². The Morgan fingerprint density at radius 1 is 1.25 bits per heavy atom. The second kappa shape index (κ2) is 3.94. The van der Waals surface area contributed by atoms with E-state index in [0.29, 0.717) is 0 Å². The molecule has 0 aromatic rings. The van der Waals surface area contributed by atoms with Gasteiger partial charge in [-0.15, -0.1) is 0 Å². The van der Waals surface area contributed by atoms with E-state index in [-0.39, 0.29) is 17.7 Å². The maximum atomic E-state index is 10.9. The van der Waals surface area contributed by atoms with Crippen LogP contribution in [0.4, 0.5) is 4.79 Å². The van der Waals surface area contributed by atoms with Gasteiger partial charge in [0.1, 0.15) is 0 Å². The lowest BCUT2D eigenvalue weighted by Crippen LogP contribution is -2.41. The largest absolute Gasteiger partial charge is 0.464 e. The Bertz CT molecular complexity index is 184. The Labute approximate surface area is 71.1 Å². The second-order valence-electron chi connectivity index (χ2n) is 3.72. The topological polar surface area (TPSA) is 78.4 Å². The van der Waals surface area contributed by atoms with E-state index in [9.17, 15) is 9.59 Å². The van der Waals surface area contributed by atoms with Crippen molar-refractivity contribution in [1.29, 1.82) is 0 Å². The summed E-state index contributed by atoms with van der Waals surface area (Å²) in [4.78, 5) is 20.9. The molecule has 5 nitrogen and oxygen atoms in total. The highest BCUT2D eigenvalue weighted by atomic mass is 16.4. The van der Waals surface area contributed by atoms with Gasteiger partial charge < -0.3 is 5.11 Å². The van der Waals surface area contributed by atoms with Crippen LogP contribution >= 0.6 is 0 Å². The van der Waals surface area contributed by atoms with Crippen LogP contribution in [0.3, 0.4) is 0 Å². The first-order chi connectivity index (χ1) is 5.31. The average Bonchev–Trinajstić information content (AvgIpc) is 1.79. The van der Waals surface area contributed by atoms with Gasteiger partial charge in [-0.3, -0.25) is 10.2 Å². The van der Waals surface area contributed by atoms with Gasteiger partial charge in [-0.05, 0) is 5.41 Å². The van der Waals surface area contributed by atoms with Crippen molar-refractivity contribution >= 4 is 12.0 Å². The highest BCUT2D eigenvalue weighted by Gasteiger charge is 2.15. The number of hydrazine groups is 1. The summed E-state index contributed by atoms with van der Waals surface area (Å²) in [5, 5.41) is 8.13. The molecule has 3 N–H and O–H groups in total. The van der Waals surface area contributed by atoms with Crippen molar-refractivity contribution in [3.8, 4) is 0 Å². The first-order valence-electron chi connectivity index (χ1n) is 3.59. The molecular weight excluding hydrogens is 160 g/mol. The van der Waals surface area contributed by atoms with Gasteiger partial charge in [-0.1, -0.05) is 20.8 Å². The lowest BCUT2D eigenvalue weighted by molar-refractivity contribution is -0.123. The molecule has 0 bridgehead atoms. The standard InChI is InChI=1S/C7H14N2O3/c1-7(2,3)4-5(10)8-9-6(11)12/h9H,4H2,1-3H3,(H,8,10)(H,11,12). The molecule has 12 heavy (non-hydrogen) atoms. The fourth-order valence-electron chi connectivity index (χ4n) is 0.649. The van der Waals surface area contributed by atoms with Gasteiger partial charge in [0.15, 0.2) is 0 Å². The molecule has 0 rings (SSSR count). The van der Waals surface area contributed by atoms with Crippen LogP contribution in [0, 0.1) is 5.41 Å². The molecule has 5 heteroatoms. The van der Waals surface area contributed by atoms with E-state index in [2.05, 4.69) is 5.43 Å². The van der Waals surface area contributed by atoms with Crippen molar-refractivity contribution in [3.05, 3.63) is 0 Å². The quantitative estimate of drug-likeness (QED) is 0.512. The molecule has 0 aliphatic rings. The van der Waals surface area contributed by atoms with Crippen molar-refractivity contribution in [2.45, 2.75) is 27.2 Å². The number of hydrogen-bond donors (Lipinski definition) is 3. The van der Waals surface area contributed by atoms with Crippen molar-refractivity contribution < 1.29 is 14.7 Å². The Kier molecular flexibility index (Phi) is 3.53. The summed E-state index contributed by atoms with van der Waals surface area (Å²) >= 11 is 0. The third-order valence-corrected chi connectivity index (χ3v) is 1.000. The lowest BCUT2D eigenvalue weighted by Gasteiger charge is -2.16. The van der Waals surface area contributed by atoms with E-state index >= 15 is 0 Å². The molecule has 70 valence electrons. The molecule has 0 aromatic heterocycles. The second-order valence-corrected chi connectivity index (χ2v) is 3.72. The molecule has 0 heterocycles. The maximum Gasteiger partial charge on any atom is 0.423 e. The molecule has 0 spiro atoms. The van der Waals surface area contributed by atoms with Gasteiger partial charge in [-0.2, -0.15) is 0 Å². The first-order valence-corrected chi connectivity index (χ1v) is 3.59. The minimum atomic E-state index is -1.27. The van der Waals surface area contributed by atoms with Crippen molar-refractivity contribution in [3.63, 3.8) is 0 Å². The fourth-order valence-corrected chi connectivity index (χ4v) is 0.649. The monoisotopic (exact) mass is 174 g/mol. The highest BCUT2D eigenvalue weighted by molar-refractivity contribution is 5.78. The summed E-state index contributed by atoms with van der Waals surface area (Å²) in [6.45, 7) is 5.69. The molecule has 2 amide bonds. The molecule has 0 aliphatic carbocycles. The number of rotatable bonds is 1. The summed E-state index contributed by atoms with van der Waals surface area (Å²) in [5.41, 5.74) is 3.70. The van der Waals surface area contributed by atoms with Crippen LogP contribution in [-0.4, -0.2) is 17.1 Å². The van der Waals surface area contributed by atoms with Crippen LogP contribution < -0.4 is 10.9 Å². The Morgan fingerprint density at radius 3 is 2.08 bits per heavy atom. The van der Waals surface area contributed by atoms with E-state index in [1.54, 1.807) is 5.43 Å². The van der Waals surface area contributed by atoms with E-state index in [4.69, 9.17) is 5.11 Å². The molecular formula is C7H14N2O3. The number of nitrogens with one attached hydrogen (secondary N) is 2. The van der Waals surface area contributed by atoms with Crippen LogP contribution in [0.25, 0.3) is 0 Å². The van der Waals surface area contributed by atoms with Gasteiger partial charge in [0, 0.05) is 6.42 Å². The van der Waals surface area contributed by atoms with Gasteiger partial charge in [-0.25, -0.2) is 10.2 Å². The maximum absolute atomic E-state index is 10.9. The zero-order valence-corrected chi connectivity index (χ0v) is 7.47. The summed E-state index contributed by atoms with van der Waals surface area (Å²) in [6, 6.07) is 0. The average molecular weight is 174 g/mol. The Hall–Kier alpha value is -1.26. The Morgan fingerprint density at radius 2 is 1.75 bits per heavy atom. The Balaban J connectivity index is 3.68. The van der Waals surface area contributed by atoms with Gasteiger partial charge in [0.2, 0.25) is 5.91 Å². The molecule has 0 aliphatic heterocycles. The van der Waals surface area contributed by atoms with Crippen LogP contribution in [0.15, 0.2) is 0 Å². The lowest BCUT2D eigenvalue weighted by atomic mass is 9.92. The minimum absolute atomic E-state index is 0.135. The number of carbonyl (C=O) groups is 2. The molecule has 0 radical (unpaired) electrons. The minimum Gasteiger partial charge on any atom is -0.464 e. The summed E-state index contributed by atoms with van der Waals surface area (Å²) in [5.74, 6) is -0.329. The summed E-state index contributed by atoms with van der Waals surface area (Å²) < 4.78 is 0. The highest BCUT2D eigenvalue weighted by Crippen LogP contribution is 2.17. The van der Waals surface area contributed by atoms with Crippen LogP contribution in [-0.2, 0) is 4.79 Å². The molecule has 0 saturated carbocycles. The SMILES string of the molecule is CC(C)(C)CC(=O)NNC(=O)O. The number of carboxylic acid groups (broad SMARTS) is 1. The van der Waals surface area contributed by atoms with Crippen LogP contribution in [0.2, 0.25) is 0 Å². The van der Waals surface area contributed by atoms with E-state index in [1.807, 2.05) is 20.8 Å².